The Balaban J connectivity index is 2.70. The van der Waals surface area contributed by atoms with Crippen molar-refractivity contribution in [3.05, 3.63) is 67.3 Å². The second kappa shape index (κ2) is 6.37. The van der Waals surface area contributed by atoms with Crippen LogP contribution in [0.4, 0.5) is 0 Å². The SMILES string of the molecule is C[C@@H](/C=c1\c(=O)[nH]/c(=C\c2ccccc2)c(=O)n1C)CO. The Hall–Kier alpha value is -2.40. The van der Waals surface area contributed by atoms with E-state index in [1.54, 1.807) is 26.1 Å². The number of benzene rings is 1. The first kappa shape index (κ1) is 15.0. The summed E-state index contributed by atoms with van der Waals surface area (Å²) in [5.41, 5.74) is 0.208. The minimum atomic E-state index is -0.348. The summed E-state index contributed by atoms with van der Waals surface area (Å²) in [7, 11) is 1.55. The van der Waals surface area contributed by atoms with Crippen molar-refractivity contribution in [3.8, 4) is 0 Å². The minimum Gasteiger partial charge on any atom is -0.396 e. The van der Waals surface area contributed by atoms with Crippen LogP contribution in [0.25, 0.3) is 12.2 Å². The molecule has 110 valence electrons. The summed E-state index contributed by atoms with van der Waals surface area (Å²) in [5.74, 6) is -0.194. The van der Waals surface area contributed by atoms with E-state index in [0.717, 1.165) is 5.56 Å². The lowest BCUT2D eigenvalue weighted by atomic mass is 10.2. The Morgan fingerprint density at radius 3 is 2.57 bits per heavy atom. The molecular formula is C16H18N2O3. The Morgan fingerprint density at radius 2 is 1.95 bits per heavy atom. The van der Waals surface area contributed by atoms with Crippen LogP contribution in [0, 0.1) is 5.92 Å². The highest BCUT2D eigenvalue weighted by Crippen LogP contribution is 1.97. The van der Waals surface area contributed by atoms with Gasteiger partial charge in [-0.25, -0.2) is 0 Å². The first-order valence-corrected chi connectivity index (χ1v) is 6.71. The number of rotatable bonds is 3. The molecule has 0 aliphatic carbocycles. The summed E-state index contributed by atoms with van der Waals surface area (Å²) in [6.45, 7) is 1.69. The lowest BCUT2D eigenvalue weighted by Crippen LogP contribution is -2.52. The third kappa shape index (κ3) is 3.38. The minimum absolute atomic E-state index is 0.0779. The molecular weight excluding hydrogens is 268 g/mol. The van der Waals surface area contributed by atoms with Crippen LogP contribution in [-0.4, -0.2) is 21.3 Å². The van der Waals surface area contributed by atoms with E-state index >= 15 is 0 Å². The van der Waals surface area contributed by atoms with Crippen LogP contribution in [0.2, 0.25) is 0 Å². The summed E-state index contributed by atoms with van der Waals surface area (Å²) in [4.78, 5) is 27.0. The molecule has 0 saturated carbocycles. The number of aliphatic hydroxyl groups is 1. The van der Waals surface area contributed by atoms with Crippen molar-refractivity contribution in [3.63, 3.8) is 0 Å². The van der Waals surface area contributed by atoms with Crippen molar-refractivity contribution < 1.29 is 5.11 Å². The summed E-state index contributed by atoms with van der Waals surface area (Å²) < 4.78 is 1.31. The smallest absolute Gasteiger partial charge is 0.274 e. The van der Waals surface area contributed by atoms with Gasteiger partial charge in [-0.3, -0.25) is 9.59 Å². The molecule has 5 heteroatoms. The molecule has 0 radical (unpaired) electrons. The first-order chi connectivity index (χ1) is 10.0. The Morgan fingerprint density at radius 1 is 1.29 bits per heavy atom. The largest absolute Gasteiger partial charge is 0.396 e. The summed E-state index contributed by atoms with van der Waals surface area (Å²) in [6.07, 6.45) is 3.23. The van der Waals surface area contributed by atoms with Gasteiger partial charge in [-0.15, -0.1) is 0 Å². The van der Waals surface area contributed by atoms with Gasteiger partial charge >= 0.3 is 0 Å². The predicted molar refractivity (Wildman–Crippen MR) is 82.3 cm³/mol. The zero-order chi connectivity index (χ0) is 15.4. The molecule has 5 nitrogen and oxygen atoms in total. The molecule has 0 aliphatic heterocycles. The topological polar surface area (TPSA) is 75.1 Å². The average Bonchev–Trinajstić information content (AvgIpc) is 2.49. The average molecular weight is 286 g/mol. The van der Waals surface area contributed by atoms with E-state index in [1.165, 1.54) is 4.57 Å². The highest BCUT2D eigenvalue weighted by Gasteiger charge is 2.03. The maximum absolute atomic E-state index is 12.3. The van der Waals surface area contributed by atoms with Crippen molar-refractivity contribution in [1.29, 1.82) is 0 Å². The molecule has 21 heavy (non-hydrogen) atoms. The van der Waals surface area contributed by atoms with Crippen LogP contribution < -0.4 is 21.8 Å². The molecule has 0 amide bonds. The van der Waals surface area contributed by atoms with Gasteiger partial charge in [0.2, 0.25) is 0 Å². The molecule has 0 spiro atoms. The second-order valence-corrected chi connectivity index (χ2v) is 5.00. The zero-order valence-electron chi connectivity index (χ0n) is 12.0. The van der Waals surface area contributed by atoms with Crippen LogP contribution in [0.3, 0.4) is 0 Å². The van der Waals surface area contributed by atoms with Crippen LogP contribution >= 0.6 is 0 Å². The molecule has 1 heterocycles. The molecule has 2 rings (SSSR count). The third-order valence-electron chi connectivity index (χ3n) is 3.22. The molecule has 0 fully saturated rings. The van der Waals surface area contributed by atoms with E-state index in [2.05, 4.69) is 4.98 Å². The van der Waals surface area contributed by atoms with E-state index in [1.807, 2.05) is 30.3 Å². The fourth-order valence-electron chi connectivity index (χ4n) is 2.01. The molecule has 0 bridgehead atoms. The highest BCUT2D eigenvalue weighted by molar-refractivity contribution is 5.47. The molecule has 0 unspecified atom stereocenters. The van der Waals surface area contributed by atoms with Gasteiger partial charge in [0.15, 0.2) is 0 Å². The van der Waals surface area contributed by atoms with Gasteiger partial charge in [-0.1, -0.05) is 37.3 Å². The predicted octanol–water partition coefficient (Wildman–Crippen LogP) is -0.689. The molecule has 0 saturated heterocycles. The third-order valence-corrected chi connectivity index (χ3v) is 3.22. The fourth-order valence-corrected chi connectivity index (χ4v) is 2.01. The summed E-state index contributed by atoms with van der Waals surface area (Å²) >= 11 is 0. The van der Waals surface area contributed by atoms with Gasteiger partial charge in [-0.2, -0.15) is 0 Å². The maximum atomic E-state index is 12.3. The number of aromatic amines is 1. The van der Waals surface area contributed by atoms with Crippen molar-refractivity contribution in [1.82, 2.24) is 9.55 Å². The number of hydrogen-bond acceptors (Lipinski definition) is 3. The normalized spacial score (nSPS) is 14.4. The van der Waals surface area contributed by atoms with Crippen molar-refractivity contribution in [2.45, 2.75) is 6.92 Å². The van der Waals surface area contributed by atoms with Crippen LogP contribution in [0.5, 0.6) is 0 Å². The van der Waals surface area contributed by atoms with Crippen molar-refractivity contribution in [2.24, 2.45) is 13.0 Å². The molecule has 2 aromatic rings. The standard InChI is InChI=1S/C16H18N2O3/c1-11(10-19)8-14-15(20)17-13(16(21)18(14)2)9-12-6-4-3-5-7-12/h3-9,11,19H,10H2,1-2H3,(H,17,20)/b13-9-,14-8+/t11-/m0/s1. The fraction of sp³-hybridized carbons (Fsp3) is 0.250. The van der Waals surface area contributed by atoms with Gasteiger partial charge in [-0.05, 0) is 23.6 Å². The maximum Gasteiger partial charge on any atom is 0.274 e. The van der Waals surface area contributed by atoms with Gasteiger partial charge < -0.3 is 14.7 Å². The lowest BCUT2D eigenvalue weighted by Gasteiger charge is -2.02. The number of H-pyrrole nitrogens is 1. The molecule has 1 aromatic heterocycles. The molecule has 1 atom stereocenters. The van der Waals surface area contributed by atoms with E-state index in [-0.39, 0.29) is 34.3 Å². The van der Waals surface area contributed by atoms with Crippen LogP contribution in [-0.2, 0) is 7.05 Å². The summed E-state index contributed by atoms with van der Waals surface area (Å²) in [6, 6.07) is 9.31. The quantitative estimate of drug-likeness (QED) is 0.784. The van der Waals surface area contributed by atoms with Crippen molar-refractivity contribution >= 4 is 12.2 Å². The zero-order valence-corrected chi connectivity index (χ0v) is 12.0. The number of aromatic nitrogens is 2. The Kier molecular flexibility index (Phi) is 4.55. The van der Waals surface area contributed by atoms with Crippen molar-refractivity contribution in [2.75, 3.05) is 6.61 Å². The first-order valence-electron chi connectivity index (χ1n) is 6.71. The van der Waals surface area contributed by atoms with E-state index < -0.39 is 0 Å². The lowest BCUT2D eigenvalue weighted by molar-refractivity contribution is 0.268. The molecule has 2 N–H and O–H groups in total. The Labute approximate surface area is 121 Å². The van der Waals surface area contributed by atoms with E-state index in [0.29, 0.717) is 0 Å². The van der Waals surface area contributed by atoms with Gasteiger partial charge in [0.1, 0.15) is 10.7 Å². The van der Waals surface area contributed by atoms with Gasteiger partial charge in [0.05, 0.1) is 0 Å². The van der Waals surface area contributed by atoms with E-state index in [4.69, 9.17) is 5.11 Å². The van der Waals surface area contributed by atoms with Gasteiger partial charge in [0.25, 0.3) is 11.1 Å². The molecule has 0 aliphatic rings. The number of aliphatic hydroxyl groups excluding tert-OH is 1. The van der Waals surface area contributed by atoms with Crippen LogP contribution in [0.15, 0.2) is 39.9 Å². The van der Waals surface area contributed by atoms with E-state index in [9.17, 15) is 9.59 Å². The second-order valence-electron chi connectivity index (χ2n) is 5.00. The number of nitrogens with zero attached hydrogens (tertiary/aromatic N) is 1. The van der Waals surface area contributed by atoms with Gasteiger partial charge in [0, 0.05) is 13.7 Å². The van der Waals surface area contributed by atoms with Crippen LogP contribution in [0.1, 0.15) is 12.5 Å². The highest BCUT2D eigenvalue weighted by atomic mass is 16.3. The summed E-state index contributed by atoms with van der Waals surface area (Å²) in [5, 5.41) is 9.55. The molecule has 1 aromatic carbocycles. The monoisotopic (exact) mass is 286 g/mol. The number of hydrogen-bond donors (Lipinski definition) is 2. The Bertz CT molecular complexity index is 848. The number of nitrogens with one attached hydrogen (secondary N) is 1.